The van der Waals surface area contributed by atoms with Gasteiger partial charge in [0.1, 0.15) is 0 Å². The Balaban J connectivity index is 1.63. The van der Waals surface area contributed by atoms with Crippen LogP contribution in [0.2, 0.25) is 0 Å². The van der Waals surface area contributed by atoms with Gasteiger partial charge in [0.05, 0.1) is 24.5 Å². The molecule has 1 N–H and O–H groups in total. The summed E-state index contributed by atoms with van der Waals surface area (Å²) in [6.07, 6.45) is 2.27. The second kappa shape index (κ2) is 6.41. The SMILES string of the molecule is O=C(CCc1ccsc1)N1CCCn2nc(CO)cc2C1. The average Bonchev–Trinajstić information content (AvgIpc) is 3.10. The lowest BCUT2D eigenvalue weighted by molar-refractivity contribution is -0.131. The van der Waals surface area contributed by atoms with E-state index in [0.29, 0.717) is 18.7 Å². The monoisotopic (exact) mass is 305 g/mol. The summed E-state index contributed by atoms with van der Waals surface area (Å²) < 4.78 is 1.91. The summed E-state index contributed by atoms with van der Waals surface area (Å²) in [5, 5.41) is 17.6. The quantitative estimate of drug-likeness (QED) is 0.937. The van der Waals surface area contributed by atoms with Crippen LogP contribution in [-0.2, 0) is 30.9 Å². The van der Waals surface area contributed by atoms with Crippen LogP contribution in [-0.4, -0.2) is 32.2 Å². The van der Waals surface area contributed by atoms with Crippen LogP contribution >= 0.6 is 11.3 Å². The van der Waals surface area contributed by atoms with Crippen molar-refractivity contribution >= 4 is 17.2 Å². The number of carbonyl (C=O) groups is 1. The van der Waals surface area contributed by atoms with Crippen LogP contribution in [0, 0.1) is 0 Å². The van der Waals surface area contributed by atoms with Gasteiger partial charge in [-0.1, -0.05) is 0 Å². The van der Waals surface area contributed by atoms with Crippen LogP contribution in [0.4, 0.5) is 0 Å². The van der Waals surface area contributed by atoms with Crippen molar-refractivity contribution < 1.29 is 9.90 Å². The molecule has 0 atom stereocenters. The Morgan fingerprint density at radius 2 is 2.33 bits per heavy atom. The molecule has 0 radical (unpaired) electrons. The molecule has 0 aliphatic carbocycles. The summed E-state index contributed by atoms with van der Waals surface area (Å²) >= 11 is 1.67. The van der Waals surface area contributed by atoms with Crippen LogP contribution < -0.4 is 0 Å². The molecule has 2 aromatic heterocycles. The lowest BCUT2D eigenvalue weighted by atomic mass is 10.1. The number of rotatable bonds is 4. The third kappa shape index (κ3) is 3.33. The Morgan fingerprint density at radius 3 is 3.10 bits per heavy atom. The lowest BCUT2D eigenvalue weighted by Gasteiger charge is -2.19. The summed E-state index contributed by atoms with van der Waals surface area (Å²) in [6, 6.07) is 3.97. The first kappa shape index (κ1) is 14.3. The minimum Gasteiger partial charge on any atom is -0.390 e. The van der Waals surface area contributed by atoms with Gasteiger partial charge >= 0.3 is 0 Å². The van der Waals surface area contributed by atoms with Gasteiger partial charge in [-0.15, -0.1) is 0 Å². The van der Waals surface area contributed by atoms with E-state index in [1.807, 2.05) is 21.0 Å². The standard InChI is InChI=1S/C15H19N3O2S/c19-10-13-8-14-9-17(5-1-6-18(14)16-13)15(20)3-2-12-4-7-21-11-12/h4,7-8,11,19H,1-3,5-6,9-10H2. The summed E-state index contributed by atoms with van der Waals surface area (Å²) in [5.74, 6) is 0.196. The minimum absolute atomic E-state index is 0.0495. The second-order valence-corrected chi connectivity index (χ2v) is 6.09. The van der Waals surface area contributed by atoms with Crippen molar-refractivity contribution in [3.8, 4) is 0 Å². The van der Waals surface area contributed by atoms with E-state index in [1.165, 1.54) is 5.56 Å². The van der Waals surface area contributed by atoms with Crippen molar-refractivity contribution in [2.75, 3.05) is 6.54 Å². The topological polar surface area (TPSA) is 58.4 Å². The highest BCUT2D eigenvalue weighted by Gasteiger charge is 2.20. The van der Waals surface area contributed by atoms with Gasteiger partial charge in [-0.05, 0) is 41.3 Å². The summed E-state index contributed by atoms with van der Waals surface area (Å²) in [4.78, 5) is 14.3. The highest BCUT2D eigenvalue weighted by atomic mass is 32.1. The van der Waals surface area contributed by atoms with Gasteiger partial charge in [-0.25, -0.2) is 0 Å². The van der Waals surface area contributed by atoms with E-state index in [4.69, 9.17) is 5.11 Å². The first-order chi connectivity index (χ1) is 10.3. The Labute approximate surface area is 127 Å². The molecule has 2 aromatic rings. The first-order valence-corrected chi connectivity index (χ1v) is 8.16. The predicted octanol–water partition coefficient (Wildman–Crippen LogP) is 1.80. The maximum atomic E-state index is 12.4. The molecule has 0 spiro atoms. The number of hydrogen-bond acceptors (Lipinski definition) is 4. The van der Waals surface area contributed by atoms with Gasteiger partial charge in [-0.3, -0.25) is 9.48 Å². The molecule has 112 valence electrons. The Kier molecular flexibility index (Phi) is 4.36. The van der Waals surface area contributed by atoms with Crippen molar-refractivity contribution in [3.63, 3.8) is 0 Å². The van der Waals surface area contributed by atoms with E-state index in [2.05, 4.69) is 16.5 Å². The third-order valence-corrected chi connectivity index (χ3v) is 4.52. The Bertz CT molecular complexity index is 606. The van der Waals surface area contributed by atoms with E-state index >= 15 is 0 Å². The zero-order valence-electron chi connectivity index (χ0n) is 11.9. The molecular weight excluding hydrogens is 286 g/mol. The maximum absolute atomic E-state index is 12.4. The molecule has 3 heterocycles. The number of amides is 1. The summed E-state index contributed by atoms with van der Waals surface area (Å²) in [6.45, 7) is 2.13. The van der Waals surface area contributed by atoms with Crippen molar-refractivity contribution in [1.29, 1.82) is 0 Å². The number of aliphatic hydroxyl groups is 1. The Morgan fingerprint density at radius 1 is 1.43 bits per heavy atom. The molecule has 0 unspecified atom stereocenters. The van der Waals surface area contributed by atoms with Crippen molar-refractivity contribution in [1.82, 2.24) is 14.7 Å². The molecule has 6 heteroatoms. The van der Waals surface area contributed by atoms with Gasteiger partial charge in [-0.2, -0.15) is 16.4 Å². The third-order valence-electron chi connectivity index (χ3n) is 3.79. The smallest absolute Gasteiger partial charge is 0.223 e. The van der Waals surface area contributed by atoms with E-state index in [1.54, 1.807) is 11.3 Å². The van der Waals surface area contributed by atoms with Crippen LogP contribution in [0.3, 0.4) is 0 Å². The summed E-state index contributed by atoms with van der Waals surface area (Å²) in [7, 11) is 0. The van der Waals surface area contributed by atoms with Gasteiger partial charge in [0.2, 0.25) is 5.91 Å². The van der Waals surface area contributed by atoms with Crippen LogP contribution in [0.1, 0.15) is 29.8 Å². The lowest BCUT2D eigenvalue weighted by Crippen LogP contribution is -2.30. The molecule has 21 heavy (non-hydrogen) atoms. The van der Waals surface area contributed by atoms with Gasteiger partial charge in [0.25, 0.3) is 0 Å². The number of hydrogen-bond donors (Lipinski definition) is 1. The van der Waals surface area contributed by atoms with Crippen molar-refractivity contribution in [2.45, 2.75) is 39.0 Å². The molecule has 1 aliphatic rings. The molecule has 0 saturated heterocycles. The minimum atomic E-state index is -0.0495. The van der Waals surface area contributed by atoms with E-state index in [0.717, 1.165) is 31.6 Å². The van der Waals surface area contributed by atoms with Crippen LogP contribution in [0.15, 0.2) is 22.9 Å². The van der Waals surface area contributed by atoms with Crippen molar-refractivity contribution in [2.24, 2.45) is 0 Å². The molecule has 1 amide bonds. The fraction of sp³-hybridized carbons (Fsp3) is 0.467. The fourth-order valence-corrected chi connectivity index (χ4v) is 3.36. The largest absolute Gasteiger partial charge is 0.390 e. The maximum Gasteiger partial charge on any atom is 0.223 e. The highest BCUT2D eigenvalue weighted by molar-refractivity contribution is 7.07. The molecule has 0 saturated carbocycles. The van der Waals surface area contributed by atoms with Gasteiger partial charge < -0.3 is 10.0 Å². The number of aromatic nitrogens is 2. The molecule has 0 fully saturated rings. The van der Waals surface area contributed by atoms with E-state index in [-0.39, 0.29) is 12.5 Å². The summed E-state index contributed by atoms with van der Waals surface area (Å²) in [5.41, 5.74) is 2.92. The predicted molar refractivity (Wildman–Crippen MR) is 80.8 cm³/mol. The molecule has 3 rings (SSSR count). The number of carbonyl (C=O) groups excluding carboxylic acids is 1. The zero-order chi connectivity index (χ0) is 14.7. The molecule has 5 nitrogen and oxygen atoms in total. The first-order valence-electron chi connectivity index (χ1n) is 7.21. The molecule has 0 aromatic carbocycles. The zero-order valence-corrected chi connectivity index (χ0v) is 12.7. The fourth-order valence-electron chi connectivity index (χ4n) is 2.66. The van der Waals surface area contributed by atoms with Crippen LogP contribution in [0.25, 0.3) is 0 Å². The van der Waals surface area contributed by atoms with Crippen LogP contribution in [0.5, 0.6) is 0 Å². The molecular formula is C15H19N3O2S. The highest BCUT2D eigenvalue weighted by Crippen LogP contribution is 2.16. The average molecular weight is 305 g/mol. The number of aliphatic hydroxyl groups excluding tert-OH is 1. The normalized spacial score (nSPS) is 14.8. The Hall–Kier alpha value is -1.66. The molecule has 1 aliphatic heterocycles. The van der Waals surface area contributed by atoms with Crippen molar-refractivity contribution in [3.05, 3.63) is 39.8 Å². The number of aryl methyl sites for hydroxylation is 2. The second-order valence-electron chi connectivity index (χ2n) is 5.31. The number of nitrogens with zero attached hydrogens (tertiary/aromatic N) is 3. The number of fused-ring (bicyclic) bond motifs is 1. The van der Waals surface area contributed by atoms with Gasteiger partial charge in [0.15, 0.2) is 0 Å². The van der Waals surface area contributed by atoms with Gasteiger partial charge in [0, 0.05) is 19.5 Å². The molecule has 0 bridgehead atoms. The number of thiophene rings is 1. The van der Waals surface area contributed by atoms with E-state index in [9.17, 15) is 4.79 Å². The van der Waals surface area contributed by atoms with E-state index < -0.39 is 0 Å².